The molecule has 0 aliphatic carbocycles. The number of hydrogen-bond donors (Lipinski definition) is 2. The molecule has 2 rings (SSSR count). The number of phenols is 1. The van der Waals surface area contributed by atoms with Crippen LogP contribution in [0.15, 0.2) is 48.5 Å². The van der Waals surface area contributed by atoms with Crippen LogP contribution in [0.4, 0.5) is 0 Å². The summed E-state index contributed by atoms with van der Waals surface area (Å²) in [5.41, 5.74) is 1.05. The van der Waals surface area contributed by atoms with Crippen molar-refractivity contribution in [1.82, 2.24) is 5.32 Å². The molecule has 5 heteroatoms. The normalized spacial score (nSPS) is 10.3. The Morgan fingerprint density at radius 1 is 1.00 bits per heavy atom. The first-order valence-electron chi connectivity index (χ1n) is 8.57. The summed E-state index contributed by atoms with van der Waals surface area (Å²) in [6.07, 6.45) is 2.83. The van der Waals surface area contributed by atoms with Gasteiger partial charge in [-0.05, 0) is 54.8 Å². The summed E-state index contributed by atoms with van der Waals surface area (Å²) >= 11 is 0. The topological polar surface area (TPSA) is 67.8 Å². The van der Waals surface area contributed by atoms with Gasteiger partial charge in [0.15, 0.2) is 6.61 Å². The summed E-state index contributed by atoms with van der Waals surface area (Å²) in [5.74, 6) is 1.51. The molecule has 0 atom stereocenters. The van der Waals surface area contributed by atoms with Crippen molar-refractivity contribution in [2.75, 3.05) is 19.8 Å². The molecule has 0 saturated heterocycles. The SMILES string of the molecule is CCCCOc1ccc(OCC(=O)NCCc2ccc(O)cc2)cc1. The van der Waals surface area contributed by atoms with Gasteiger partial charge in [0.05, 0.1) is 6.61 Å². The number of aromatic hydroxyl groups is 1. The first kappa shape index (κ1) is 18.6. The van der Waals surface area contributed by atoms with E-state index in [0.717, 1.165) is 24.2 Å². The summed E-state index contributed by atoms with van der Waals surface area (Å²) in [7, 11) is 0. The monoisotopic (exact) mass is 343 g/mol. The number of unbranched alkanes of at least 4 members (excludes halogenated alkanes) is 1. The maximum absolute atomic E-state index is 11.8. The highest BCUT2D eigenvalue weighted by Crippen LogP contribution is 2.17. The van der Waals surface area contributed by atoms with Gasteiger partial charge in [0.25, 0.3) is 5.91 Å². The zero-order valence-corrected chi connectivity index (χ0v) is 14.5. The van der Waals surface area contributed by atoms with Crippen molar-refractivity contribution in [2.24, 2.45) is 0 Å². The molecule has 2 aromatic rings. The Hall–Kier alpha value is -2.69. The zero-order valence-electron chi connectivity index (χ0n) is 14.5. The van der Waals surface area contributed by atoms with Crippen LogP contribution in [0, 0.1) is 0 Å². The minimum atomic E-state index is -0.165. The van der Waals surface area contributed by atoms with E-state index >= 15 is 0 Å². The van der Waals surface area contributed by atoms with Crippen LogP contribution in [-0.4, -0.2) is 30.8 Å². The van der Waals surface area contributed by atoms with Crippen molar-refractivity contribution in [3.05, 3.63) is 54.1 Å². The number of carbonyl (C=O) groups is 1. The highest BCUT2D eigenvalue weighted by molar-refractivity contribution is 5.77. The van der Waals surface area contributed by atoms with Crippen LogP contribution in [0.5, 0.6) is 17.2 Å². The van der Waals surface area contributed by atoms with Gasteiger partial charge >= 0.3 is 0 Å². The lowest BCUT2D eigenvalue weighted by Crippen LogP contribution is -2.30. The van der Waals surface area contributed by atoms with Gasteiger partial charge in [0.2, 0.25) is 0 Å². The lowest BCUT2D eigenvalue weighted by atomic mass is 10.1. The molecule has 2 aromatic carbocycles. The van der Waals surface area contributed by atoms with Gasteiger partial charge in [-0.15, -0.1) is 0 Å². The number of nitrogens with one attached hydrogen (secondary N) is 1. The van der Waals surface area contributed by atoms with Crippen LogP contribution in [0.25, 0.3) is 0 Å². The summed E-state index contributed by atoms with van der Waals surface area (Å²) in [5, 5.41) is 12.0. The van der Waals surface area contributed by atoms with E-state index in [4.69, 9.17) is 9.47 Å². The van der Waals surface area contributed by atoms with Gasteiger partial charge in [-0.3, -0.25) is 4.79 Å². The van der Waals surface area contributed by atoms with E-state index < -0.39 is 0 Å². The predicted octanol–water partition coefficient (Wildman–Crippen LogP) is 3.31. The molecule has 0 aromatic heterocycles. The van der Waals surface area contributed by atoms with E-state index in [2.05, 4.69) is 12.2 Å². The third-order valence-corrected chi connectivity index (χ3v) is 3.63. The van der Waals surface area contributed by atoms with Gasteiger partial charge in [0.1, 0.15) is 17.2 Å². The van der Waals surface area contributed by atoms with Crippen molar-refractivity contribution < 1.29 is 19.4 Å². The predicted molar refractivity (Wildman–Crippen MR) is 97.2 cm³/mol. The lowest BCUT2D eigenvalue weighted by molar-refractivity contribution is -0.123. The van der Waals surface area contributed by atoms with Crippen molar-refractivity contribution >= 4 is 5.91 Å². The van der Waals surface area contributed by atoms with Crippen molar-refractivity contribution in [3.8, 4) is 17.2 Å². The van der Waals surface area contributed by atoms with Crippen LogP contribution in [-0.2, 0) is 11.2 Å². The highest BCUT2D eigenvalue weighted by atomic mass is 16.5. The average Bonchev–Trinajstić information content (AvgIpc) is 2.63. The number of phenolic OH excluding ortho intramolecular Hbond substituents is 1. The zero-order chi connectivity index (χ0) is 17.9. The Balaban J connectivity index is 1.64. The van der Waals surface area contributed by atoms with Crippen LogP contribution >= 0.6 is 0 Å². The molecule has 0 unspecified atom stereocenters. The molecule has 0 radical (unpaired) electrons. The number of amides is 1. The second-order valence-corrected chi connectivity index (χ2v) is 5.73. The molecular formula is C20H25NO4. The third kappa shape index (κ3) is 7.16. The van der Waals surface area contributed by atoms with E-state index in [0.29, 0.717) is 25.3 Å². The standard InChI is InChI=1S/C20H25NO4/c1-2-3-14-24-18-8-10-19(11-9-18)25-15-20(23)21-13-12-16-4-6-17(22)7-5-16/h4-11,22H,2-3,12-15H2,1H3,(H,21,23). The molecule has 0 saturated carbocycles. The molecular weight excluding hydrogens is 318 g/mol. The largest absolute Gasteiger partial charge is 0.508 e. The molecule has 25 heavy (non-hydrogen) atoms. The summed E-state index contributed by atoms with van der Waals surface area (Å²) in [4.78, 5) is 11.8. The van der Waals surface area contributed by atoms with E-state index in [1.165, 1.54) is 0 Å². The van der Waals surface area contributed by atoms with Gasteiger partial charge < -0.3 is 19.9 Å². The Morgan fingerprint density at radius 2 is 1.64 bits per heavy atom. The molecule has 5 nitrogen and oxygen atoms in total. The number of rotatable bonds is 10. The first-order chi connectivity index (χ1) is 12.2. The Bertz CT molecular complexity index is 638. The molecule has 134 valence electrons. The molecule has 0 fully saturated rings. The Morgan fingerprint density at radius 3 is 2.28 bits per heavy atom. The molecule has 2 N–H and O–H groups in total. The van der Waals surface area contributed by atoms with Crippen LogP contribution in [0.3, 0.4) is 0 Å². The summed E-state index contributed by atoms with van der Waals surface area (Å²) in [6.45, 7) is 3.33. The van der Waals surface area contributed by atoms with Crippen LogP contribution in [0.2, 0.25) is 0 Å². The molecule has 0 spiro atoms. The van der Waals surface area contributed by atoms with Gasteiger partial charge in [-0.25, -0.2) is 0 Å². The van der Waals surface area contributed by atoms with E-state index in [-0.39, 0.29) is 18.3 Å². The fraction of sp³-hybridized carbons (Fsp3) is 0.350. The molecule has 0 bridgehead atoms. The van der Waals surface area contributed by atoms with Crippen molar-refractivity contribution in [1.29, 1.82) is 0 Å². The maximum atomic E-state index is 11.8. The second kappa shape index (κ2) is 10.2. The molecule has 0 aliphatic rings. The minimum absolute atomic E-state index is 0.0222. The summed E-state index contributed by atoms with van der Waals surface area (Å²) < 4.78 is 11.0. The summed E-state index contributed by atoms with van der Waals surface area (Å²) in [6, 6.07) is 14.2. The fourth-order valence-electron chi connectivity index (χ4n) is 2.18. The molecule has 0 aliphatic heterocycles. The number of hydrogen-bond acceptors (Lipinski definition) is 4. The van der Waals surface area contributed by atoms with Gasteiger partial charge in [-0.1, -0.05) is 25.5 Å². The average molecular weight is 343 g/mol. The quantitative estimate of drug-likeness (QED) is 0.650. The number of ether oxygens (including phenoxy) is 2. The maximum Gasteiger partial charge on any atom is 0.257 e. The fourth-order valence-corrected chi connectivity index (χ4v) is 2.18. The van der Waals surface area contributed by atoms with Crippen LogP contribution < -0.4 is 14.8 Å². The minimum Gasteiger partial charge on any atom is -0.508 e. The van der Waals surface area contributed by atoms with Gasteiger partial charge in [-0.2, -0.15) is 0 Å². The van der Waals surface area contributed by atoms with Crippen LogP contribution in [0.1, 0.15) is 25.3 Å². The van der Waals surface area contributed by atoms with Gasteiger partial charge in [0, 0.05) is 6.54 Å². The number of carbonyl (C=O) groups excluding carboxylic acids is 1. The van der Waals surface area contributed by atoms with Crippen molar-refractivity contribution in [3.63, 3.8) is 0 Å². The number of benzene rings is 2. The van der Waals surface area contributed by atoms with E-state index in [9.17, 15) is 9.90 Å². The van der Waals surface area contributed by atoms with Crippen molar-refractivity contribution in [2.45, 2.75) is 26.2 Å². The molecule has 0 heterocycles. The Kier molecular flexibility index (Phi) is 7.63. The Labute approximate surface area is 148 Å². The third-order valence-electron chi connectivity index (χ3n) is 3.63. The molecule has 1 amide bonds. The smallest absolute Gasteiger partial charge is 0.257 e. The second-order valence-electron chi connectivity index (χ2n) is 5.73. The van der Waals surface area contributed by atoms with E-state index in [1.54, 1.807) is 24.3 Å². The first-order valence-corrected chi connectivity index (χ1v) is 8.57. The van der Waals surface area contributed by atoms with E-state index in [1.807, 2.05) is 24.3 Å². The lowest BCUT2D eigenvalue weighted by Gasteiger charge is -2.09. The highest BCUT2D eigenvalue weighted by Gasteiger charge is 2.03.